The van der Waals surface area contributed by atoms with Gasteiger partial charge in [-0.05, 0) is 45.4 Å². The Morgan fingerprint density at radius 3 is 2.36 bits per heavy atom. The maximum absolute atomic E-state index is 14.3. The van der Waals surface area contributed by atoms with E-state index >= 15 is 0 Å². The van der Waals surface area contributed by atoms with Crippen molar-refractivity contribution < 1.29 is 23.6 Å². The van der Waals surface area contributed by atoms with Gasteiger partial charge in [0.1, 0.15) is 5.82 Å². The molecule has 0 saturated carbocycles. The second-order valence-electron chi connectivity index (χ2n) is 6.21. The van der Waals surface area contributed by atoms with E-state index in [2.05, 4.69) is 5.32 Å². The topological polar surface area (TPSA) is 67.8 Å². The highest BCUT2D eigenvalue weighted by Gasteiger charge is 2.52. The molecular formula is C14H18BClFNO4. The Kier molecular flexibility index (Phi) is 4.43. The molecule has 1 saturated heterocycles. The van der Waals surface area contributed by atoms with Crippen molar-refractivity contribution in [2.45, 2.75) is 45.4 Å². The zero-order chi connectivity index (χ0) is 16.7. The third kappa shape index (κ3) is 3.21. The summed E-state index contributed by atoms with van der Waals surface area (Å²) in [5, 5.41) is 11.0. The lowest BCUT2D eigenvalue weighted by Gasteiger charge is -2.32. The number of hydrogen-bond donors (Lipinski definition) is 2. The average molecular weight is 330 g/mol. The summed E-state index contributed by atoms with van der Waals surface area (Å²) in [5.74, 6) is -0.551. The highest BCUT2D eigenvalue weighted by molar-refractivity contribution is 6.62. The highest BCUT2D eigenvalue weighted by atomic mass is 35.5. The molecule has 0 radical (unpaired) electrons. The normalized spacial score (nSPS) is 19.3. The van der Waals surface area contributed by atoms with Crippen LogP contribution in [-0.2, 0) is 15.9 Å². The zero-order valence-electron chi connectivity index (χ0n) is 12.9. The van der Waals surface area contributed by atoms with Crippen LogP contribution in [-0.4, -0.2) is 29.5 Å². The molecule has 0 bridgehead atoms. The van der Waals surface area contributed by atoms with Gasteiger partial charge < -0.3 is 19.7 Å². The maximum atomic E-state index is 14.3. The van der Waals surface area contributed by atoms with E-state index < -0.39 is 30.2 Å². The number of benzene rings is 1. The lowest BCUT2D eigenvalue weighted by atomic mass is 9.78. The fourth-order valence-electron chi connectivity index (χ4n) is 2.06. The highest BCUT2D eigenvalue weighted by Crippen LogP contribution is 2.36. The molecule has 2 rings (SSSR count). The van der Waals surface area contributed by atoms with Crippen LogP contribution >= 0.6 is 11.6 Å². The number of halogens is 2. The van der Waals surface area contributed by atoms with Gasteiger partial charge in [-0.15, -0.1) is 0 Å². The molecule has 22 heavy (non-hydrogen) atoms. The molecule has 1 aliphatic heterocycles. The van der Waals surface area contributed by atoms with Gasteiger partial charge in [-0.2, -0.15) is 0 Å². The van der Waals surface area contributed by atoms with Crippen molar-refractivity contribution in [2.75, 3.05) is 0 Å². The van der Waals surface area contributed by atoms with Gasteiger partial charge in [0.2, 0.25) is 0 Å². The van der Waals surface area contributed by atoms with Gasteiger partial charge in [-0.25, -0.2) is 9.18 Å². The maximum Gasteiger partial charge on any atom is 0.497 e. The molecule has 1 aromatic carbocycles. The van der Waals surface area contributed by atoms with Gasteiger partial charge in [0.15, 0.2) is 0 Å². The summed E-state index contributed by atoms with van der Waals surface area (Å²) in [6.45, 7) is 7.42. The molecule has 1 heterocycles. The monoisotopic (exact) mass is 329 g/mol. The van der Waals surface area contributed by atoms with Crippen LogP contribution in [0.4, 0.5) is 9.18 Å². The Morgan fingerprint density at radius 2 is 1.86 bits per heavy atom. The molecule has 8 heteroatoms. The van der Waals surface area contributed by atoms with E-state index in [1.54, 1.807) is 0 Å². The van der Waals surface area contributed by atoms with Crippen LogP contribution in [0.2, 0.25) is 5.02 Å². The summed E-state index contributed by atoms with van der Waals surface area (Å²) >= 11 is 6.09. The molecule has 0 spiro atoms. The van der Waals surface area contributed by atoms with Crippen LogP contribution in [0.3, 0.4) is 0 Å². The van der Waals surface area contributed by atoms with Crippen LogP contribution < -0.4 is 10.8 Å². The van der Waals surface area contributed by atoms with Crippen molar-refractivity contribution in [3.8, 4) is 0 Å². The second kappa shape index (κ2) is 5.72. The zero-order valence-corrected chi connectivity index (χ0v) is 13.6. The van der Waals surface area contributed by atoms with E-state index in [1.165, 1.54) is 12.1 Å². The summed E-state index contributed by atoms with van der Waals surface area (Å²) in [5.41, 5.74) is -0.621. The first-order valence-corrected chi connectivity index (χ1v) is 7.21. The molecular weight excluding hydrogens is 311 g/mol. The fourth-order valence-corrected chi connectivity index (χ4v) is 2.30. The van der Waals surface area contributed by atoms with Crippen LogP contribution in [0, 0.1) is 5.82 Å². The molecule has 0 aliphatic carbocycles. The first-order valence-electron chi connectivity index (χ1n) is 6.84. The quantitative estimate of drug-likeness (QED) is 0.836. The molecule has 1 fully saturated rings. The minimum absolute atomic E-state index is 0.0747. The van der Waals surface area contributed by atoms with Gasteiger partial charge in [0.25, 0.3) is 0 Å². The number of carbonyl (C=O) groups is 1. The number of amides is 1. The van der Waals surface area contributed by atoms with Crippen molar-refractivity contribution >= 4 is 30.3 Å². The number of nitrogens with one attached hydrogen (secondary N) is 1. The van der Waals surface area contributed by atoms with Crippen molar-refractivity contribution in [2.24, 2.45) is 0 Å². The summed E-state index contributed by atoms with van der Waals surface area (Å²) < 4.78 is 25.9. The van der Waals surface area contributed by atoms with E-state index in [1.807, 2.05) is 27.7 Å². The van der Waals surface area contributed by atoms with Crippen molar-refractivity contribution in [3.05, 3.63) is 28.5 Å². The van der Waals surface area contributed by atoms with E-state index in [4.69, 9.17) is 26.0 Å². The Morgan fingerprint density at radius 1 is 1.32 bits per heavy atom. The number of carboxylic acid groups (broad SMARTS) is 1. The first kappa shape index (κ1) is 17.1. The lowest BCUT2D eigenvalue weighted by Crippen LogP contribution is -2.41. The van der Waals surface area contributed by atoms with Crippen LogP contribution in [0.5, 0.6) is 0 Å². The van der Waals surface area contributed by atoms with E-state index in [9.17, 15) is 9.18 Å². The summed E-state index contributed by atoms with van der Waals surface area (Å²) in [6, 6.07) is 2.61. The Hall–Kier alpha value is -1.31. The van der Waals surface area contributed by atoms with Crippen molar-refractivity contribution in [3.63, 3.8) is 0 Å². The van der Waals surface area contributed by atoms with Crippen LogP contribution in [0.25, 0.3) is 0 Å². The van der Waals surface area contributed by atoms with Gasteiger partial charge in [0.05, 0.1) is 11.2 Å². The third-order valence-corrected chi connectivity index (χ3v) is 4.45. The SMILES string of the molecule is CC1(C)OB(c2cc(Cl)c(CNC(=O)O)cc2F)OC1(C)C. The smallest absolute Gasteiger partial charge is 0.465 e. The minimum atomic E-state index is -1.20. The summed E-state index contributed by atoms with van der Waals surface area (Å²) in [4.78, 5) is 10.5. The van der Waals surface area contributed by atoms with Crippen molar-refractivity contribution in [1.82, 2.24) is 5.32 Å². The van der Waals surface area contributed by atoms with E-state index in [0.717, 1.165) is 0 Å². The number of hydrogen-bond acceptors (Lipinski definition) is 3. The van der Waals surface area contributed by atoms with Gasteiger partial charge in [-0.3, -0.25) is 0 Å². The second-order valence-corrected chi connectivity index (χ2v) is 6.62. The molecule has 0 unspecified atom stereocenters. The molecule has 0 aromatic heterocycles. The fraction of sp³-hybridized carbons (Fsp3) is 0.500. The largest absolute Gasteiger partial charge is 0.497 e. The Labute approximate surface area is 133 Å². The molecule has 2 N–H and O–H groups in total. The van der Waals surface area contributed by atoms with Crippen molar-refractivity contribution in [1.29, 1.82) is 0 Å². The Balaban J connectivity index is 2.27. The van der Waals surface area contributed by atoms with Crippen LogP contribution in [0.15, 0.2) is 12.1 Å². The molecule has 5 nitrogen and oxygen atoms in total. The van der Waals surface area contributed by atoms with E-state index in [-0.39, 0.29) is 17.0 Å². The third-order valence-electron chi connectivity index (χ3n) is 4.10. The lowest BCUT2D eigenvalue weighted by molar-refractivity contribution is 0.00578. The van der Waals surface area contributed by atoms with Crippen LogP contribution in [0.1, 0.15) is 33.3 Å². The molecule has 1 aromatic rings. The molecule has 0 atom stereocenters. The van der Waals surface area contributed by atoms with Gasteiger partial charge in [-0.1, -0.05) is 11.6 Å². The predicted octanol–water partition coefficient (Wildman–Crippen LogP) is 2.55. The average Bonchev–Trinajstić information content (AvgIpc) is 2.58. The summed E-state index contributed by atoms with van der Waals surface area (Å²) in [6.07, 6.45) is -1.20. The number of rotatable bonds is 3. The summed E-state index contributed by atoms with van der Waals surface area (Å²) in [7, 11) is -0.857. The molecule has 1 aliphatic rings. The predicted molar refractivity (Wildman–Crippen MR) is 82.0 cm³/mol. The first-order chi connectivity index (χ1) is 10.0. The van der Waals surface area contributed by atoms with E-state index in [0.29, 0.717) is 5.56 Å². The molecule has 120 valence electrons. The van der Waals surface area contributed by atoms with Gasteiger partial charge in [0, 0.05) is 17.0 Å². The van der Waals surface area contributed by atoms with Gasteiger partial charge >= 0.3 is 13.2 Å². The minimum Gasteiger partial charge on any atom is -0.465 e. The Bertz CT molecular complexity index is 593. The standard InChI is InChI=1S/C14H18BClFNO4/c1-13(2)14(3,4)22-15(21-13)9-6-10(16)8(5-11(9)17)7-18-12(19)20/h5-6,18H,7H2,1-4H3,(H,19,20). The molecule has 1 amide bonds.